The number of carbonyl (C=O) groups is 1. The van der Waals surface area contributed by atoms with E-state index in [9.17, 15) is 4.79 Å². The van der Waals surface area contributed by atoms with Gasteiger partial charge < -0.3 is 4.74 Å². The Morgan fingerprint density at radius 2 is 2.14 bits per heavy atom. The molecule has 1 aromatic carbocycles. The van der Waals surface area contributed by atoms with Gasteiger partial charge in [-0.05, 0) is 18.9 Å². The lowest BCUT2D eigenvalue weighted by atomic mass is 10.2. The highest BCUT2D eigenvalue weighted by Crippen LogP contribution is 2.22. The maximum absolute atomic E-state index is 12.1. The largest absolute Gasteiger partial charge is 0.462 e. The first-order chi connectivity index (χ1) is 10.6. The molecule has 5 nitrogen and oxygen atoms in total. The summed E-state index contributed by atoms with van der Waals surface area (Å²) >= 11 is 6.26. The standard InChI is InChI=1S/C16H16ClN3O2/c1-12-14(16(21)22-10-6-5-9-18)15(17)20(19-12)11-13-7-3-2-4-8-13/h2-4,7-8H,5-6,10-11H2,1H3. The molecule has 0 spiro atoms. The molecule has 2 aromatic rings. The quantitative estimate of drug-likeness (QED) is 0.605. The van der Waals surface area contributed by atoms with Gasteiger partial charge in [-0.15, -0.1) is 0 Å². The van der Waals surface area contributed by atoms with Gasteiger partial charge in [-0.25, -0.2) is 9.48 Å². The van der Waals surface area contributed by atoms with E-state index in [4.69, 9.17) is 21.6 Å². The molecule has 0 saturated heterocycles. The zero-order chi connectivity index (χ0) is 15.9. The summed E-state index contributed by atoms with van der Waals surface area (Å²) in [5, 5.41) is 13.0. The third-order valence-electron chi connectivity index (χ3n) is 3.11. The molecule has 0 aliphatic heterocycles. The van der Waals surface area contributed by atoms with Gasteiger partial charge in [0.2, 0.25) is 0 Å². The molecule has 6 heteroatoms. The Labute approximate surface area is 134 Å². The van der Waals surface area contributed by atoms with Gasteiger partial charge in [0.15, 0.2) is 0 Å². The van der Waals surface area contributed by atoms with E-state index >= 15 is 0 Å². The van der Waals surface area contributed by atoms with Gasteiger partial charge >= 0.3 is 5.97 Å². The molecule has 0 radical (unpaired) electrons. The summed E-state index contributed by atoms with van der Waals surface area (Å²) in [6.07, 6.45) is 0.865. The van der Waals surface area contributed by atoms with Crippen molar-refractivity contribution in [1.29, 1.82) is 5.26 Å². The summed E-state index contributed by atoms with van der Waals surface area (Å²) in [5.41, 5.74) is 1.86. The molecular weight excluding hydrogens is 302 g/mol. The second-order valence-electron chi connectivity index (χ2n) is 4.79. The lowest BCUT2D eigenvalue weighted by Gasteiger charge is -2.04. The lowest BCUT2D eigenvalue weighted by Crippen LogP contribution is -2.08. The molecule has 1 heterocycles. The van der Waals surface area contributed by atoms with Crippen molar-refractivity contribution in [2.24, 2.45) is 0 Å². The first kappa shape index (κ1) is 16.1. The van der Waals surface area contributed by atoms with Gasteiger partial charge in [0.25, 0.3) is 0 Å². The maximum atomic E-state index is 12.1. The number of nitrogens with zero attached hydrogens (tertiary/aromatic N) is 3. The fraction of sp³-hybridized carbons (Fsp3) is 0.312. The van der Waals surface area contributed by atoms with E-state index in [-0.39, 0.29) is 17.3 Å². The Morgan fingerprint density at radius 3 is 2.82 bits per heavy atom. The highest BCUT2D eigenvalue weighted by atomic mass is 35.5. The number of esters is 1. The van der Waals surface area contributed by atoms with Crippen LogP contribution < -0.4 is 0 Å². The molecule has 0 saturated carbocycles. The summed E-state index contributed by atoms with van der Waals surface area (Å²) in [7, 11) is 0. The van der Waals surface area contributed by atoms with Gasteiger partial charge in [0.05, 0.1) is 24.9 Å². The first-order valence-electron chi connectivity index (χ1n) is 6.94. The average Bonchev–Trinajstić information content (AvgIpc) is 2.79. The van der Waals surface area contributed by atoms with Crippen molar-refractivity contribution in [2.45, 2.75) is 26.3 Å². The molecule has 22 heavy (non-hydrogen) atoms. The molecule has 0 fully saturated rings. The van der Waals surface area contributed by atoms with Crippen LogP contribution in [0.25, 0.3) is 0 Å². The monoisotopic (exact) mass is 317 g/mol. The number of hydrogen-bond acceptors (Lipinski definition) is 4. The minimum absolute atomic E-state index is 0.200. The number of aromatic nitrogens is 2. The Kier molecular flexibility index (Phi) is 5.56. The zero-order valence-corrected chi connectivity index (χ0v) is 13.0. The van der Waals surface area contributed by atoms with E-state index in [1.165, 1.54) is 0 Å². The molecule has 1 aromatic heterocycles. The molecule has 0 amide bonds. The third-order valence-corrected chi connectivity index (χ3v) is 3.49. The summed E-state index contributed by atoms with van der Waals surface area (Å²) in [4.78, 5) is 12.1. The van der Waals surface area contributed by atoms with Crippen molar-refractivity contribution in [1.82, 2.24) is 9.78 Å². The van der Waals surface area contributed by atoms with E-state index in [1.807, 2.05) is 36.4 Å². The van der Waals surface area contributed by atoms with E-state index < -0.39 is 5.97 Å². The Hall–Kier alpha value is -2.32. The molecule has 0 bridgehead atoms. The number of ether oxygens (including phenoxy) is 1. The topological polar surface area (TPSA) is 67.9 Å². The fourth-order valence-corrected chi connectivity index (χ4v) is 2.35. The van der Waals surface area contributed by atoms with Crippen LogP contribution in [0.4, 0.5) is 0 Å². The number of rotatable bonds is 6. The number of carbonyl (C=O) groups excluding carboxylic acids is 1. The molecule has 0 unspecified atom stereocenters. The summed E-state index contributed by atoms with van der Waals surface area (Å²) < 4.78 is 6.71. The van der Waals surface area contributed by atoms with Gasteiger partial charge in [-0.2, -0.15) is 10.4 Å². The van der Waals surface area contributed by atoms with Gasteiger partial charge in [-0.1, -0.05) is 41.9 Å². The van der Waals surface area contributed by atoms with Crippen LogP contribution in [-0.2, 0) is 11.3 Å². The first-order valence-corrected chi connectivity index (χ1v) is 7.32. The number of benzene rings is 1. The number of hydrogen-bond donors (Lipinski definition) is 0. The molecule has 2 rings (SSSR count). The molecule has 114 valence electrons. The van der Waals surface area contributed by atoms with Crippen molar-refractivity contribution in [3.63, 3.8) is 0 Å². The summed E-state index contributed by atoms with van der Waals surface area (Å²) in [6.45, 7) is 2.41. The van der Waals surface area contributed by atoms with E-state index in [1.54, 1.807) is 11.6 Å². The number of aryl methyl sites for hydroxylation is 1. The number of halogens is 1. The summed E-state index contributed by atoms with van der Waals surface area (Å²) in [5.74, 6) is -0.500. The second-order valence-corrected chi connectivity index (χ2v) is 5.15. The smallest absolute Gasteiger partial charge is 0.343 e. The maximum Gasteiger partial charge on any atom is 0.343 e. The van der Waals surface area contributed by atoms with Crippen LogP contribution in [-0.4, -0.2) is 22.4 Å². The van der Waals surface area contributed by atoms with Crippen LogP contribution >= 0.6 is 11.6 Å². The average molecular weight is 318 g/mol. The molecular formula is C16H16ClN3O2. The minimum Gasteiger partial charge on any atom is -0.462 e. The van der Waals surface area contributed by atoms with Crippen molar-refractivity contribution >= 4 is 17.6 Å². The highest BCUT2D eigenvalue weighted by molar-refractivity contribution is 6.32. The zero-order valence-electron chi connectivity index (χ0n) is 12.3. The Balaban J connectivity index is 2.10. The number of unbranched alkanes of at least 4 members (excludes halogenated alkanes) is 1. The molecule has 0 aliphatic rings. The fourth-order valence-electron chi connectivity index (χ4n) is 2.03. The molecule has 0 aliphatic carbocycles. The van der Waals surface area contributed by atoms with Gasteiger partial charge in [-0.3, -0.25) is 0 Å². The number of nitriles is 1. The predicted octanol–water partition coefficient (Wildman–Crippen LogP) is 3.35. The van der Waals surface area contributed by atoms with Crippen LogP contribution in [0, 0.1) is 18.3 Å². The van der Waals surface area contributed by atoms with Crippen LogP contribution in [0.2, 0.25) is 5.15 Å². The molecule has 0 N–H and O–H groups in total. The van der Waals surface area contributed by atoms with E-state index in [0.717, 1.165) is 5.56 Å². The van der Waals surface area contributed by atoms with Crippen molar-refractivity contribution in [3.8, 4) is 6.07 Å². The highest BCUT2D eigenvalue weighted by Gasteiger charge is 2.21. The van der Waals surface area contributed by atoms with Crippen LogP contribution in [0.1, 0.15) is 34.5 Å². The SMILES string of the molecule is Cc1nn(Cc2ccccc2)c(Cl)c1C(=O)OCCCC#N. The van der Waals surface area contributed by atoms with Crippen LogP contribution in [0.15, 0.2) is 30.3 Å². The normalized spacial score (nSPS) is 10.2. The van der Waals surface area contributed by atoms with Crippen molar-refractivity contribution in [3.05, 3.63) is 52.3 Å². The summed E-state index contributed by atoms with van der Waals surface area (Å²) in [6, 6.07) is 11.7. The lowest BCUT2D eigenvalue weighted by molar-refractivity contribution is 0.0501. The van der Waals surface area contributed by atoms with Crippen LogP contribution in [0.5, 0.6) is 0 Å². The van der Waals surface area contributed by atoms with Gasteiger partial charge in [0.1, 0.15) is 10.7 Å². The Morgan fingerprint density at radius 1 is 1.41 bits per heavy atom. The molecule has 0 atom stereocenters. The van der Waals surface area contributed by atoms with E-state index in [0.29, 0.717) is 25.1 Å². The second kappa shape index (κ2) is 7.62. The van der Waals surface area contributed by atoms with Crippen molar-refractivity contribution < 1.29 is 9.53 Å². The third kappa shape index (κ3) is 3.86. The van der Waals surface area contributed by atoms with Crippen molar-refractivity contribution in [2.75, 3.05) is 6.61 Å². The Bertz CT molecular complexity index is 689. The van der Waals surface area contributed by atoms with E-state index in [2.05, 4.69) is 5.10 Å². The van der Waals surface area contributed by atoms with Crippen LogP contribution in [0.3, 0.4) is 0 Å². The predicted molar refractivity (Wildman–Crippen MR) is 82.6 cm³/mol. The van der Waals surface area contributed by atoms with Gasteiger partial charge in [0, 0.05) is 6.42 Å². The minimum atomic E-state index is -0.500.